The first-order chi connectivity index (χ1) is 7.36. The number of hydrogen-bond donors (Lipinski definition) is 2. The van der Waals surface area contributed by atoms with Crippen molar-refractivity contribution < 1.29 is 4.74 Å². The molecule has 1 atom stereocenters. The molecule has 15 heavy (non-hydrogen) atoms. The van der Waals surface area contributed by atoms with Crippen molar-refractivity contribution in [3.63, 3.8) is 0 Å². The van der Waals surface area contributed by atoms with Crippen LogP contribution in [0.3, 0.4) is 0 Å². The molecule has 0 aromatic heterocycles. The predicted molar refractivity (Wildman–Crippen MR) is 63.9 cm³/mol. The third kappa shape index (κ3) is 6.88. The molecule has 1 aliphatic rings. The summed E-state index contributed by atoms with van der Waals surface area (Å²) in [6.07, 6.45) is 5.20. The fraction of sp³-hybridized carbons (Fsp3) is 1.00. The molecule has 3 heteroatoms. The van der Waals surface area contributed by atoms with Gasteiger partial charge in [-0.3, -0.25) is 0 Å². The molecular formula is C12H26N2O. The Morgan fingerprint density at radius 2 is 2.27 bits per heavy atom. The van der Waals surface area contributed by atoms with Gasteiger partial charge in [-0.15, -0.1) is 0 Å². The Labute approximate surface area is 93.8 Å². The van der Waals surface area contributed by atoms with Crippen LogP contribution in [0.25, 0.3) is 0 Å². The van der Waals surface area contributed by atoms with Crippen molar-refractivity contribution in [2.24, 2.45) is 17.6 Å². The molecule has 0 amide bonds. The standard InChI is InChI=1S/C12H26N2O/c1-2-3-12(8-13)9-14-6-7-15-10-11-4-5-11/h11-12,14H,2-10,13H2,1H3. The molecule has 0 heterocycles. The summed E-state index contributed by atoms with van der Waals surface area (Å²) in [5, 5.41) is 3.41. The lowest BCUT2D eigenvalue weighted by Crippen LogP contribution is -2.30. The van der Waals surface area contributed by atoms with Gasteiger partial charge in [-0.05, 0) is 44.2 Å². The topological polar surface area (TPSA) is 47.3 Å². The van der Waals surface area contributed by atoms with Crippen LogP contribution in [0.5, 0.6) is 0 Å². The first-order valence-electron chi connectivity index (χ1n) is 6.35. The van der Waals surface area contributed by atoms with E-state index in [0.29, 0.717) is 5.92 Å². The lowest BCUT2D eigenvalue weighted by molar-refractivity contribution is 0.125. The number of nitrogens with two attached hydrogens (primary N) is 1. The minimum Gasteiger partial charge on any atom is -0.380 e. The van der Waals surface area contributed by atoms with E-state index in [1.807, 2.05) is 0 Å². The SMILES string of the molecule is CCCC(CN)CNCCOCC1CC1. The fourth-order valence-corrected chi connectivity index (χ4v) is 1.70. The second-order valence-corrected chi connectivity index (χ2v) is 4.61. The Morgan fingerprint density at radius 3 is 2.87 bits per heavy atom. The predicted octanol–water partition coefficient (Wildman–Crippen LogP) is 1.38. The molecule has 0 spiro atoms. The van der Waals surface area contributed by atoms with Crippen molar-refractivity contribution in [1.82, 2.24) is 5.32 Å². The van der Waals surface area contributed by atoms with Gasteiger partial charge in [0.15, 0.2) is 0 Å². The van der Waals surface area contributed by atoms with Gasteiger partial charge < -0.3 is 15.8 Å². The fourth-order valence-electron chi connectivity index (χ4n) is 1.70. The Kier molecular flexibility index (Phi) is 6.98. The van der Waals surface area contributed by atoms with Crippen molar-refractivity contribution in [3.05, 3.63) is 0 Å². The van der Waals surface area contributed by atoms with Gasteiger partial charge in [0.25, 0.3) is 0 Å². The molecule has 0 saturated heterocycles. The van der Waals surface area contributed by atoms with E-state index in [1.54, 1.807) is 0 Å². The minimum absolute atomic E-state index is 0.637. The van der Waals surface area contributed by atoms with Crippen LogP contribution in [-0.4, -0.2) is 32.8 Å². The summed E-state index contributed by atoms with van der Waals surface area (Å²) in [4.78, 5) is 0. The number of hydrogen-bond acceptors (Lipinski definition) is 3. The van der Waals surface area contributed by atoms with Gasteiger partial charge in [0, 0.05) is 13.2 Å². The maximum Gasteiger partial charge on any atom is 0.0591 e. The summed E-state index contributed by atoms with van der Waals surface area (Å²) in [5.74, 6) is 1.51. The van der Waals surface area contributed by atoms with E-state index >= 15 is 0 Å². The van der Waals surface area contributed by atoms with E-state index in [1.165, 1.54) is 25.7 Å². The zero-order valence-electron chi connectivity index (χ0n) is 10.0. The zero-order chi connectivity index (χ0) is 10.9. The summed E-state index contributed by atoms with van der Waals surface area (Å²) >= 11 is 0. The second kappa shape index (κ2) is 8.08. The molecule has 0 radical (unpaired) electrons. The van der Waals surface area contributed by atoms with Crippen molar-refractivity contribution >= 4 is 0 Å². The third-order valence-corrected chi connectivity index (χ3v) is 2.94. The number of rotatable bonds is 10. The highest BCUT2D eigenvalue weighted by molar-refractivity contribution is 4.72. The van der Waals surface area contributed by atoms with E-state index in [-0.39, 0.29) is 0 Å². The molecule has 1 aliphatic carbocycles. The van der Waals surface area contributed by atoms with Crippen LogP contribution in [0.1, 0.15) is 32.6 Å². The van der Waals surface area contributed by atoms with Crippen molar-refractivity contribution in [1.29, 1.82) is 0 Å². The molecule has 3 nitrogen and oxygen atoms in total. The van der Waals surface area contributed by atoms with Crippen molar-refractivity contribution in [3.8, 4) is 0 Å². The normalized spacial score (nSPS) is 18.0. The van der Waals surface area contributed by atoms with E-state index in [4.69, 9.17) is 10.5 Å². The molecule has 0 aromatic rings. The van der Waals surface area contributed by atoms with Crippen molar-refractivity contribution in [2.75, 3.05) is 32.8 Å². The maximum absolute atomic E-state index is 5.68. The highest BCUT2D eigenvalue weighted by Gasteiger charge is 2.20. The molecule has 1 fully saturated rings. The lowest BCUT2D eigenvalue weighted by Gasteiger charge is -2.14. The molecule has 0 bridgehead atoms. The molecule has 3 N–H and O–H groups in total. The quantitative estimate of drug-likeness (QED) is 0.540. The Hall–Kier alpha value is -0.120. The third-order valence-electron chi connectivity index (χ3n) is 2.94. The maximum atomic E-state index is 5.68. The summed E-state index contributed by atoms with van der Waals surface area (Å²) in [6, 6.07) is 0. The first kappa shape index (κ1) is 12.9. The minimum atomic E-state index is 0.637. The van der Waals surface area contributed by atoms with Crippen LogP contribution in [0.2, 0.25) is 0 Å². The van der Waals surface area contributed by atoms with Gasteiger partial charge in [0.2, 0.25) is 0 Å². The summed E-state index contributed by atoms with van der Waals surface area (Å²) in [6.45, 7) is 6.83. The summed E-state index contributed by atoms with van der Waals surface area (Å²) < 4.78 is 5.54. The van der Waals surface area contributed by atoms with Gasteiger partial charge in [0.1, 0.15) is 0 Å². The largest absolute Gasteiger partial charge is 0.380 e. The first-order valence-corrected chi connectivity index (χ1v) is 6.35. The van der Waals surface area contributed by atoms with E-state index in [9.17, 15) is 0 Å². The van der Waals surface area contributed by atoms with Crippen LogP contribution < -0.4 is 11.1 Å². The highest BCUT2D eigenvalue weighted by atomic mass is 16.5. The Morgan fingerprint density at radius 1 is 1.47 bits per heavy atom. The highest BCUT2D eigenvalue weighted by Crippen LogP contribution is 2.28. The molecule has 90 valence electrons. The Bertz CT molecular complexity index is 149. The van der Waals surface area contributed by atoms with Crippen LogP contribution in [-0.2, 0) is 4.74 Å². The zero-order valence-corrected chi connectivity index (χ0v) is 10.0. The molecule has 1 rings (SSSR count). The average molecular weight is 214 g/mol. The number of nitrogens with one attached hydrogen (secondary N) is 1. The van der Waals surface area contributed by atoms with Crippen molar-refractivity contribution in [2.45, 2.75) is 32.6 Å². The van der Waals surface area contributed by atoms with Gasteiger partial charge in [-0.2, -0.15) is 0 Å². The van der Waals surface area contributed by atoms with Crippen LogP contribution in [0, 0.1) is 11.8 Å². The van der Waals surface area contributed by atoms with Gasteiger partial charge >= 0.3 is 0 Å². The van der Waals surface area contributed by atoms with E-state index in [0.717, 1.165) is 38.8 Å². The molecule has 1 unspecified atom stereocenters. The van der Waals surface area contributed by atoms with Gasteiger partial charge in [0.05, 0.1) is 6.61 Å². The van der Waals surface area contributed by atoms with Crippen LogP contribution >= 0.6 is 0 Å². The Balaban J connectivity index is 1.81. The van der Waals surface area contributed by atoms with Crippen LogP contribution in [0.4, 0.5) is 0 Å². The van der Waals surface area contributed by atoms with Gasteiger partial charge in [-0.1, -0.05) is 13.3 Å². The van der Waals surface area contributed by atoms with Crippen LogP contribution in [0.15, 0.2) is 0 Å². The van der Waals surface area contributed by atoms with Gasteiger partial charge in [-0.25, -0.2) is 0 Å². The molecular weight excluding hydrogens is 188 g/mol. The smallest absolute Gasteiger partial charge is 0.0591 e. The summed E-state index contributed by atoms with van der Waals surface area (Å²) in [5.41, 5.74) is 5.68. The second-order valence-electron chi connectivity index (χ2n) is 4.61. The summed E-state index contributed by atoms with van der Waals surface area (Å²) in [7, 11) is 0. The lowest BCUT2D eigenvalue weighted by atomic mass is 10.0. The number of ether oxygens (including phenoxy) is 1. The molecule has 0 aliphatic heterocycles. The molecule has 1 saturated carbocycles. The van der Waals surface area contributed by atoms with E-state index < -0.39 is 0 Å². The molecule has 0 aromatic carbocycles. The monoisotopic (exact) mass is 214 g/mol. The van der Waals surface area contributed by atoms with E-state index in [2.05, 4.69) is 12.2 Å². The average Bonchev–Trinajstić information content (AvgIpc) is 3.05.